The first-order chi connectivity index (χ1) is 14.2. The van der Waals surface area contributed by atoms with Gasteiger partial charge in [0.25, 0.3) is 0 Å². The summed E-state index contributed by atoms with van der Waals surface area (Å²) in [7, 11) is 0. The molecule has 3 aliphatic rings. The highest BCUT2D eigenvalue weighted by molar-refractivity contribution is 5.79. The van der Waals surface area contributed by atoms with Gasteiger partial charge in [-0.2, -0.15) is 0 Å². The molecule has 4 rings (SSSR count). The Bertz CT molecular complexity index is 644. The van der Waals surface area contributed by atoms with E-state index in [2.05, 4.69) is 36.5 Å². The van der Waals surface area contributed by atoms with Crippen LogP contribution in [0.25, 0.3) is 0 Å². The Morgan fingerprint density at radius 3 is 2.17 bits per heavy atom. The van der Waals surface area contributed by atoms with Crippen LogP contribution in [-0.4, -0.2) is 84.6 Å². The molecule has 3 fully saturated rings. The van der Waals surface area contributed by atoms with Crippen molar-refractivity contribution >= 4 is 17.5 Å². The highest BCUT2D eigenvalue weighted by Gasteiger charge is 2.30. The molecule has 1 aromatic rings. The van der Waals surface area contributed by atoms with Crippen LogP contribution in [0.15, 0.2) is 12.4 Å². The van der Waals surface area contributed by atoms with Crippen molar-refractivity contribution in [2.24, 2.45) is 5.92 Å². The number of piperidine rings is 2. The van der Waals surface area contributed by atoms with Crippen LogP contribution in [0.2, 0.25) is 0 Å². The summed E-state index contributed by atoms with van der Waals surface area (Å²) in [6.45, 7) is 11.2. The minimum absolute atomic E-state index is 0.178. The van der Waals surface area contributed by atoms with Gasteiger partial charge in [0.05, 0.1) is 18.1 Å². The number of rotatable bonds is 5. The van der Waals surface area contributed by atoms with Gasteiger partial charge in [0.2, 0.25) is 11.9 Å². The van der Waals surface area contributed by atoms with Crippen molar-refractivity contribution in [1.29, 1.82) is 0 Å². The highest BCUT2D eigenvalue weighted by atomic mass is 16.2. The van der Waals surface area contributed by atoms with E-state index >= 15 is 0 Å². The van der Waals surface area contributed by atoms with Crippen molar-refractivity contribution in [2.75, 3.05) is 68.7 Å². The fourth-order valence-electron chi connectivity index (χ4n) is 4.89. The van der Waals surface area contributed by atoms with Gasteiger partial charge in [-0.15, -0.1) is 0 Å². The van der Waals surface area contributed by atoms with Crippen molar-refractivity contribution in [3.8, 4) is 0 Å². The summed E-state index contributed by atoms with van der Waals surface area (Å²) in [4.78, 5) is 31.4. The minimum Gasteiger partial charge on any atom is -0.369 e. The molecule has 7 nitrogen and oxygen atoms in total. The summed E-state index contributed by atoms with van der Waals surface area (Å²) in [5.74, 6) is 1.41. The largest absolute Gasteiger partial charge is 0.369 e. The molecule has 0 radical (unpaired) electrons. The van der Waals surface area contributed by atoms with Crippen molar-refractivity contribution in [3.63, 3.8) is 0 Å². The van der Waals surface area contributed by atoms with Crippen molar-refractivity contribution < 1.29 is 4.79 Å². The second-order valence-electron chi connectivity index (χ2n) is 8.72. The van der Waals surface area contributed by atoms with Crippen LogP contribution in [0.1, 0.15) is 45.4 Å². The second kappa shape index (κ2) is 9.74. The number of aromatic nitrogens is 2. The molecular formula is C22H36N6O. The molecule has 0 aromatic carbocycles. The molecule has 7 heteroatoms. The Morgan fingerprint density at radius 1 is 0.897 bits per heavy atom. The van der Waals surface area contributed by atoms with Gasteiger partial charge in [-0.3, -0.25) is 9.69 Å². The fraction of sp³-hybridized carbons (Fsp3) is 0.773. The predicted molar refractivity (Wildman–Crippen MR) is 116 cm³/mol. The van der Waals surface area contributed by atoms with Gasteiger partial charge >= 0.3 is 0 Å². The number of carbonyl (C=O) groups excluding carboxylic acids is 1. The molecule has 160 valence electrons. The first-order valence-corrected chi connectivity index (χ1v) is 11.6. The Hall–Kier alpha value is -1.89. The number of amides is 1. The topological polar surface area (TPSA) is 55.8 Å². The van der Waals surface area contributed by atoms with Crippen molar-refractivity contribution in [3.05, 3.63) is 12.4 Å². The van der Waals surface area contributed by atoms with Crippen LogP contribution in [-0.2, 0) is 4.79 Å². The number of carbonyl (C=O) groups is 1. The number of hydrogen-bond donors (Lipinski definition) is 0. The standard InChI is InChI=1S/C22H36N6O/c1-2-8-25-13-15-27(16-14-25)21(29)19-6-11-26(12-7-19)20-17-23-22(24-18-20)28-9-4-3-5-10-28/h17-19H,2-16H2,1H3. The van der Waals surface area contributed by atoms with Crippen LogP contribution in [0, 0.1) is 5.92 Å². The minimum atomic E-state index is 0.178. The zero-order valence-corrected chi connectivity index (χ0v) is 17.9. The van der Waals surface area contributed by atoms with E-state index in [0.717, 1.165) is 83.4 Å². The molecule has 1 aromatic heterocycles. The summed E-state index contributed by atoms with van der Waals surface area (Å²) >= 11 is 0. The van der Waals surface area contributed by atoms with E-state index in [9.17, 15) is 4.79 Å². The fourth-order valence-corrected chi connectivity index (χ4v) is 4.89. The zero-order valence-electron chi connectivity index (χ0n) is 17.9. The van der Waals surface area contributed by atoms with E-state index in [-0.39, 0.29) is 5.92 Å². The second-order valence-corrected chi connectivity index (χ2v) is 8.72. The van der Waals surface area contributed by atoms with E-state index in [1.165, 1.54) is 25.7 Å². The summed E-state index contributed by atoms with van der Waals surface area (Å²) in [6, 6.07) is 0. The molecule has 0 aliphatic carbocycles. The summed E-state index contributed by atoms with van der Waals surface area (Å²) in [5.41, 5.74) is 1.09. The molecule has 0 saturated carbocycles. The Kier molecular flexibility index (Phi) is 6.85. The van der Waals surface area contributed by atoms with E-state index < -0.39 is 0 Å². The van der Waals surface area contributed by atoms with Gasteiger partial charge in [0.1, 0.15) is 0 Å². The third-order valence-corrected chi connectivity index (χ3v) is 6.70. The summed E-state index contributed by atoms with van der Waals surface area (Å²) in [6.07, 6.45) is 10.8. The van der Waals surface area contributed by atoms with Crippen molar-refractivity contribution in [1.82, 2.24) is 19.8 Å². The lowest BCUT2D eigenvalue weighted by atomic mass is 9.94. The van der Waals surface area contributed by atoms with E-state index in [1.807, 2.05) is 12.4 Å². The normalized spacial score (nSPS) is 22.2. The number of anilines is 2. The SMILES string of the molecule is CCCN1CCN(C(=O)C2CCN(c3cnc(N4CCCCC4)nc3)CC2)CC1. The Morgan fingerprint density at radius 2 is 1.55 bits per heavy atom. The third-order valence-electron chi connectivity index (χ3n) is 6.70. The number of hydrogen-bond acceptors (Lipinski definition) is 6. The molecule has 0 atom stereocenters. The molecule has 3 aliphatic heterocycles. The highest BCUT2D eigenvalue weighted by Crippen LogP contribution is 2.25. The first-order valence-electron chi connectivity index (χ1n) is 11.6. The van der Waals surface area contributed by atoms with Crippen LogP contribution < -0.4 is 9.80 Å². The lowest BCUT2D eigenvalue weighted by Crippen LogP contribution is -2.51. The Balaban J connectivity index is 1.25. The molecule has 29 heavy (non-hydrogen) atoms. The monoisotopic (exact) mass is 400 g/mol. The van der Waals surface area contributed by atoms with Gasteiger partial charge < -0.3 is 14.7 Å². The zero-order chi connectivity index (χ0) is 20.1. The molecular weight excluding hydrogens is 364 g/mol. The smallest absolute Gasteiger partial charge is 0.225 e. The van der Waals surface area contributed by atoms with Gasteiger partial charge in [-0.1, -0.05) is 6.92 Å². The van der Waals surface area contributed by atoms with E-state index in [0.29, 0.717) is 5.91 Å². The average molecular weight is 401 g/mol. The van der Waals surface area contributed by atoms with Gasteiger partial charge in [0, 0.05) is 58.3 Å². The third kappa shape index (κ3) is 5.00. The van der Waals surface area contributed by atoms with Gasteiger partial charge in [-0.25, -0.2) is 9.97 Å². The van der Waals surface area contributed by atoms with E-state index in [4.69, 9.17) is 0 Å². The Labute approximate surface area is 175 Å². The lowest BCUT2D eigenvalue weighted by Gasteiger charge is -2.39. The van der Waals surface area contributed by atoms with Crippen LogP contribution in [0.5, 0.6) is 0 Å². The molecule has 1 amide bonds. The molecule has 4 heterocycles. The maximum Gasteiger partial charge on any atom is 0.225 e. The first kappa shape index (κ1) is 20.4. The maximum atomic E-state index is 12.9. The van der Waals surface area contributed by atoms with Gasteiger partial charge in [-0.05, 0) is 45.1 Å². The average Bonchev–Trinajstić information content (AvgIpc) is 2.80. The lowest BCUT2D eigenvalue weighted by molar-refractivity contribution is -0.138. The molecule has 0 unspecified atom stereocenters. The van der Waals surface area contributed by atoms with Crippen molar-refractivity contribution in [2.45, 2.75) is 45.4 Å². The number of piperazine rings is 1. The van der Waals surface area contributed by atoms with Gasteiger partial charge in [0.15, 0.2) is 0 Å². The summed E-state index contributed by atoms with van der Waals surface area (Å²) < 4.78 is 0. The molecule has 0 spiro atoms. The summed E-state index contributed by atoms with van der Waals surface area (Å²) in [5, 5.41) is 0. The molecule has 0 N–H and O–H groups in total. The molecule has 0 bridgehead atoms. The predicted octanol–water partition coefficient (Wildman–Crippen LogP) is 2.24. The van der Waals surface area contributed by atoms with Crippen LogP contribution in [0.3, 0.4) is 0 Å². The molecule has 3 saturated heterocycles. The van der Waals surface area contributed by atoms with Crippen LogP contribution in [0.4, 0.5) is 11.6 Å². The maximum absolute atomic E-state index is 12.9. The number of nitrogens with zero attached hydrogens (tertiary/aromatic N) is 6. The van der Waals surface area contributed by atoms with Crippen LogP contribution >= 0.6 is 0 Å². The van der Waals surface area contributed by atoms with E-state index in [1.54, 1.807) is 0 Å². The quantitative estimate of drug-likeness (QED) is 0.756.